The van der Waals surface area contributed by atoms with Gasteiger partial charge in [-0.1, -0.05) is 29.8 Å². The van der Waals surface area contributed by atoms with Gasteiger partial charge in [0, 0.05) is 11.4 Å². The highest BCUT2D eigenvalue weighted by Crippen LogP contribution is 2.16. The van der Waals surface area contributed by atoms with E-state index >= 15 is 0 Å². The topological polar surface area (TPSA) is 52.6 Å². The van der Waals surface area contributed by atoms with E-state index in [2.05, 4.69) is 0 Å². The summed E-state index contributed by atoms with van der Waals surface area (Å²) in [5.74, 6) is -0.417. The number of rotatable bonds is 7. The molecule has 0 aliphatic heterocycles. The second-order valence-corrected chi connectivity index (χ2v) is 5.64. The fraction of sp³-hybridized carbons (Fsp3) is 0.263. The molecule has 126 valence electrons. The molecule has 24 heavy (non-hydrogen) atoms. The van der Waals surface area contributed by atoms with Crippen LogP contribution in [0.2, 0.25) is 5.02 Å². The molecule has 0 radical (unpaired) electrons. The zero-order valence-electron chi connectivity index (χ0n) is 13.5. The van der Waals surface area contributed by atoms with Crippen LogP contribution in [0.3, 0.4) is 0 Å². The lowest BCUT2D eigenvalue weighted by Gasteiger charge is -2.07. The Kier molecular flexibility index (Phi) is 6.82. The van der Waals surface area contributed by atoms with Crippen LogP contribution in [0.1, 0.15) is 35.7 Å². The average molecular weight is 347 g/mol. The predicted molar refractivity (Wildman–Crippen MR) is 92.4 cm³/mol. The van der Waals surface area contributed by atoms with Gasteiger partial charge in [-0.15, -0.1) is 0 Å². The molecule has 0 fully saturated rings. The predicted octanol–water partition coefficient (Wildman–Crippen LogP) is 4.45. The molecule has 0 spiro atoms. The average Bonchev–Trinajstić information content (AvgIpc) is 2.57. The molecule has 5 heteroatoms. The van der Waals surface area contributed by atoms with Gasteiger partial charge in [-0.25, -0.2) is 4.79 Å². The SMILES string of the molecule is CCOC(=O)c1cccc(OC(=O)CCCc2ccc(Cl)cc2)c1. The highest BCUT2D eigenvalue weighted by Gasteiger charge is 2.10. The molecule has 0 aromatic heterocycles. The van der Waals surface area contributed by atoms with Crippen LogP contribution >= 0.6 is 11.6 Å². The highest BCUT2D eigenvalue weighted by atomic mass is 35.5. The second kappa shape index (κ2) is 9.08. The molecular weight excluding hydrogens is 328 g/mol. The molecule has 0 N–H and O–H groups in total. The van der Waals surface area contributed by atoms with Crippen molar-refractivity contribution in [1.82, 2.24) is 0 Å². The fourth-order valence-corrected chi connectivity index (χ4v) is 2.30. The molecule has 0 heterocycles. The van der Waals surface area contributed by atoms with Gasteiger partial charge in [0.05, 0.1) is 12.2 Å². The van der Waals surface area contributed by atoms with Gasteiger partial charge in [0.25, 0.3) is 0 Å². The lowest BCUT2D eigenvalue weighted by molar-refractivity contribution is -0.134. The molecular formula is C19H19ClO4. The summed E-state index contributed by atoms with van der Waals surface area (Å²) in [7, 11) is 0. The third-order valence-corrected chi connectivity index (χ3v) is 3.59. The van der Waals surface area contributed by atoms with Crippen molar-refractivity contribution in [2.75, 3.05) is 6.61 Å². The Bertz CT molecular complexity index is 695. The molecule has 0 saturated heterocycles. The molecule has 0 amide bonds. The highest BCUT2D eigenvalue weighted by molar-refractivity contribution is 6.30. The van der Waals surface area contributed by atoms with Crippen molar-refractivity contribution < 1.29 is 19.1 Å². The van der Waals surface area contributed by atoms with Gasteiger partial charge in [-0.05, 0) is 55.7 Å². The van der Waals surface area contributed by atoms with Gasteiger partial charge in [0.2, 0.25) is 0 Å². The molecule has 0 atom stereocenters. The minimum absolute atomic E-state index is 0.298. The Labute approximate surface area is 146 Å². The summed E-state index contributed by atoms with van der Waals surface area (Å²) in [6.45, 7) is 2.04. The molecule has 2 rings (SSSR count). The Balaban J connectivity index is 1.82. The number of ether oxygens (including phenoxy) is 2. The third-order valence-electron chi connectivity index (χ3n) is 3.34. The number of aryl methyl sites for hydroxylation is 1. The standard InChI is InChI=1S/C19H19ClO4/c1-2-23-19(22)15-6-4-7-17(13-15)24-18(21)8-3-5-14-9-11-16(20)12-10-14/h4,6-7,9-13H,2-3,5,8H2,1H3. The summed E-state index contributed by atoms with van der Waals surface area (Å²) >= 11 is 5.83. The van der Waals surface area contributed by atoms with Crippen molar-refractivity contribution in [1.29, 1.82) is 0 Å². The maximum absolute atomic E-state index is 11.9. The van der Waals surface area contributed by atoms with Crippen LogP contribution in [0.5, 0.6) is 5.75 Å². The maximum Gasteiger partial charge on any atom is 0.338 e. The first-order valence-corrected chi connectivity index (χ1v) is 8.18. The van der Waals surface area contributed by atoms with Gasteiger partial charge >= 0.3 is 11.9 Å². The number of esters is 2. The Hall–Kier alpha value is -2.33. The molecule has 2 aromatic carbocycles. The second-order valence-electron chi connectivity index (χ2n) is 5.20. The van der Waals surface area contributed by atoms with E-state index < -0.39 is 5.97 Å². The number of hydrogen-bond donors (Lipinski definition) is 0. The van der Waals surface area contributed by atoms with Crippen molar-refractivity contribution in [3.8, 4) is 5.75 Å². The summed E-state index contributed by atoms with van der Waals surface area (Å²) in [6, 6.07) is 14.0. The van der Waals surface area contributed by atoms with Crippen LogP contribution in [0.4, 0.5) is 0 Å². The van der Waals surface area contributed by atoms with E-state index in [1.54, 1.807) is 25.1 Å². The van der Waals surface area contributed by atoms with Crippen molar-refractivity contribution in [2.45, 2.75) is 26.2 Å². The van der Waals surface area contributed by atoms with Crippen molar-refractivity contribution in [3.63, 3.8) is 0 Å². The molecule has 0 aliphatic rings. The monoisotopic (exact) mass is 346 g/mol. The minimum Gasteiger partial charge on any atom is -0.462 e. The van der Waals surface area contributed by atoms with Crippen molar-refractivity contribution in [2.24, 2.45) is 0 Å². The van der Waals surface area contributed by atoms with Gasteiger partial charge in [-0.2, -0.15) is 0 Å². The molecule has 0 unspecified atom stereocenters. The Morgan fingerprint density at radius 1 is 1.08 bits per heavy atom. The van der Waals surface area contributed by atoms with E-state index in [4.69, 9.17) is 21.1 Å². The summed E-state index contributed by atoms with van der Waals surface area (Å²) < 4.78 is 10.2. The van der Waals surface area contributed by atoms with Crippen LogP contribution in [0.15, 0.2) is 48.5 Å². The largest absolute Gasteiger partial charge is 0.462 e. The zero-order valence-corrected chi connectivity index (χ0v) is 14.2. The van der Waals surface area contributed by atoms with E-state index in [0.717, 1.165) is 12.0 Å². The van der Waals surface area contributed by atoms with Gasteiger partial charge in [0.15, 0.2) is 0 Å². The first-order chi connectivity index (χ1) is 11.6. The van der Waals surface area contributed by atoms with E-state index in [-0.39, 0.29) is 5.97 Å². The molecule has 0 saturated carbocycles. The smallest absolute Gasteiger partial charge is 0.338 e. The van der Waals surface area contributed by atoms with Crippen molar-refractivity contribution >= 4 is 23.5 Å². The van der Waals surface area contributed by atoms with E-state index in [1.165, 1.54) is 6.07 Å². The first kappa shape index (κ1) is 18.0. The zero-order chi connectivity index (χ0) is 17.4. The van der Waals surface area contributed by atoms with Gasteiger partial charge in [0.1, 0.15) is 5.75 Å². The lowest BCUT2D eigenvalue weighted by Crippen LogP contribution is -2.09. The van der Waals surface area contributed by atoms with Crippen LogP contribution in [0, 0.1) is 0 Å². The number of halogens is 1. The summed E-state index contributed by atoms with van der Waals surface area (Å²) in [5, 5.41) is 0.694. The fourth-order valence-electron chi connectivity index (χ4n) is 2.17. The molecule has 4 nitrogen and oxygen atoms in total. The summed E-state index contributed by atoms with van der Waals surface area (Å²) in [4.78, 5) is 23.6. The number of benzene rings is 2. The molecule has 0 aliphatic carbocycles. The van der Waals surface area contributed by atoms with E-state index in [9.17, 15) is 9.59 Å². The number of carbonyl (C=O) groups is 2. The quantitative estimate of drug-likeness (QED) is 0.549. The number of carbonyl (C=O) groups excluding carboxylic acids is 2. The van der Waals surface area contributed by atoms with Crippen LogP contribution < -0.4 is 4.74 Å². The van der Waals surface area contributed by atoms with Crippen LogP contribution in [-0.2, 0) is 16.0 Å². The van der Waals surface area contributed by atoms with Crippen LogP contribution in [-0.4, -0.2) is 18.5 Å². The van der Waals surface area contributed by atoms with Gasteiger partial charge in [-0.3, -0.25) is 4.79 Å². The first-order valence-electron chi connectivity index (χ1n) is 7.81. The third kappa shape index (κ3) is 5.70. The minimum atomic E-state index is -0.432. The summed E-state index contributed by atoms with van der Waals surface area (Å²) in [6.07, 6.45) is 1.75. The van der Waals surface area contributed by atoms with E-state index in [0.29, 0.717) is 35.8 Å². The summed E-state index contributed by atoms with van der Waals surface area (Å²) in [5.41, 5.74) is 1.49. The Morgan fingerprint density at radius 2 is 1.83 bits per heavy atom. The maximum atomic E-state index is 11.9. The molecule has 2 aromatic rings. The lowest BCUT2D eigenvalue weighted by atomic mass is 10.1. The normalized spacial score (nSPS) is 10.2. The Morgan fingerprint density at radius 3 is 2.54 bits per heavy atom. The van der Waals surface area contributed by atoms with Crippen molar-refractivity contribution in [3.05, 3.63) is 64.7 Å². The number of hydrogen-bond acceptors (Lipinski definition) is 4. The van der Waals surface area contributed by atoms with Gasteiger partial charge < -0.3 is 9.47 Å². The van der Waals surface area contributed by atoms with E-state index in [1.807, 2.05) is 24.3 Å². The van der Waals surface area contributed by atoms with Crippen LogP contribution in [0.25, 0.3) is 0 Å². The molecule has 0 bridgehead atoms.